The van der Waals surface area contributed by atoms with Gasteiger partial charge in [-0.05, 0) is 54.2 Å². The number of methoxy groups -OCH3 is 2. The van der Waals surface area contributed by atoms with Crippen LogP contribution in [0.25, 0.3) is 16.5 Å². The van der Waals surface area contributed by atoms with Crippen LogP contribution in [0.2, 0.25) is 0 Å². The van der Waals surface area contributed by atoms with Crippen molar-refractivity contribution in [3.05, 3.63) is 76.7 Å². The van der Waals surface area contributed by atoms with Crippen LogP contribution in [0.5, 0.6) is 0 Å². The van der Waals surface area contributed by atoms with Crippen LogP contribution >= 0.6 is 0 Å². The molecule has 0 bridgehead atoms. The summed E-state index contributed by atoms with van der Waals surface area (Å²) in [6, 6.07) is 5.50. The molecule has 0 saturated carbocycles. The first kappa shape index (κ1) is 34.1. The molecule has 2 heterocycles. The number of allylic oxidation sites excluding steroid dienone is 6. The fraction of sp³-hybridized carbons (Fsp3) is 0.429. The fourth-order valence-corrected chi connectivity index (χ4v) is 5.71. The van der Waals surface area contributed by atoms with E-state index < -0.39 is 17.8 Å². The molecule has 9 nitrogen and oxygen atoms in total. The van der Waals surface area contributed by atoms with E-state index in [1.165, 1.54) is 14.2 Å². The van der Waals surface area contributed by atoms with Gasteiger partial charge in [0, 0.05) is 28.5 Å². The van der Waals surface area contributed by atoms with E-state index in [1.54, 1.807) is 24.3 Å². The molecule has 0 saturated heterocycles. The Kier molecular flexibility index (Phi) is 11.9. The number of ether oxygens (including phenoxy) is 2. The summed E-state index contributed by atoms with van der Waals surface area (Å²) < 4.78 is 11.6. The number of rotatable bonds is 14. The highest BCUT2D eigenvalue weighted by molar-refractivity contribution is 6.02. The molecule has 0 unspecified atom stereocenters. The van der Waals surface area contributed by atoms with E-state index >= 15 is 0 Å². The summed E-state index contributed by atoms with van der Waals surface area (Å²) in [5.74, 6) is -1.72. The van der Waals surface area contributed by atoms with Gasteiger partial charge in [-0.3, -0.25) is 14.4 Å². The topological polar surface area (TPSA) is 124 Å². The second-order valence-electron chi connectivity index (χ2n) is 11.5. The zero-order valence-electron chi connectivity index (χ0n) is 26.6. The molecule has 0 atom stereocenters. The number of Topliss-reactive ketones (excluding diaryl/α,β-unsaturated/α-hetero) is 1. The molecule has 1 aliphatic rings. The van der Waals surface area contributed by atoms with E-state index in [9.17, 15) is 24.3 Å². The number of carbonyl (C=O) groups is 4. The third kappa shape index (κ3) is 7.75. The van der Waals surface area contributed by atoms with Crippen molar-refractivity contribution in [2.24, 2.45) is 0 Å². The predicted octanol–water partition coefficient (Wildman–Crippen LogP) is 6.27. The molecule has 1 aromatic carbocycles. The van der Waals surface area contributed by atoms with Gasteiger partial charge in [-0.1, -0.05) is 58.3 Å². The highest BCUT2D eigenvalue weighted by atomic mass is 16.5. The van der Waals surface area contributed by atoms with Crippen molar-refractivity contribution >= 4 is 40.1 Å². The first-order chi connectivity index (χ1) is 21.0. The molecule has 1 amide bonds. The number of carbonyl (C=O) groups excluding carboxylic acids is 4. The van der Waals surface area contributed by atoms with Gasteiger partial charge >= 0.3 is 11.9 Å². The fourth-order valence-electron chi connectivity index (χ4n) is 5.71. The molecule has 0 fully saturated rings. The van der Waals surface area contributed by atoms with Crippen LogP contribution in [0.1, 0.15) is 87.8 Å². The molecule has 0 aliphatic carbocycles. The molecule has 44 heavy (non-hydrogen) atoms. The molecule has 1 aliphatic heterocycles. The second kappa shape index (κ2) is 15.4. The molecule has 3 rings (SSSR count). The highest BCUT2D eigenvalue weighted by Crippen LogP contribution is 2.44. The Labute approximate surface area is 259 Å². The first-order valence-electron chi connectivity index (χ1n) is 15.0. The minimum atomic E-state index is -0.495. The Balaban J connectivity index is 2.24. The normalized spacial score (nSPS) is 13.6. The summed E-state index contributed by atoms with van der Waals surface area (Å²) in [6.45, 7) is 8.41. The van der Waals surface area contributed by atoms with Crippen molar-refractivity contribution in [3.8, 4) is 0 Å². The van der Waals surface area contributed by atoms with Crippen LogP contribution in [0.15, 0.2) is 59.9 Å². The van der Waals surface area contributed by atoms with Gasteiger partial charge in [0.15, 0.2) is 5.78 Å². The summed E-state index contributed by atoms with van der Waals surface area (Å²) in [7, 11) is 2.59. The van der Waals surface area contributed by atoms with Crippen LogP contribution in [0.3, 0.4) is 0 Å². The highest BCUT2D eigenvalue weighted by Gasteiger charge is 2.33. The Hall–Kier alpha value is -4.40. The number of ketones is 1. The SMILES string of the molecule is C/C=C\C1=C(/C=C/O)C=C(C(=O)NCC(=O)CCC(=O)OC)Cn2c1c(C(C)(C)CCCCC)c1ccc(C(=O)OC)cc12. The largest absolute Gasteiger partial charge is 0.516 e. The third-order valence-corrected chi connectivity index (χ3v) is 7.95. The minimum absolute atomic E-state index is 0.0466. The van der Waals surface area contributed by atoms with Crippen LogP contribution in [0, 0.1) is 0 Å². The zero-order valence-corrected chi connectivity index (χ0v) is 26.6. The lowest BCUT2D eigenvalue weighted by Gasteiger charge is -2.27. The number of aliphatic hydroxyl groups is 1. The number of benzene rings is 1. The van der Waals surface area contributed by atoms with E-state index in [2.05, 4.69) is 30.8 Å². The van der Waals surface area contributed by atoms with Gasteiger partial charge in [0.05, 0.1) is 51.2 Å². The maximum Gasteiger partial charge on any atom is 0.337 e. The summed E-state index contributed by atoms with van der Waals surface area (Å²) in [5, 5.41) is 13.6. The van der Waals surface area contributed by atoms with Crippen molar-refractivity contribution in [2.75, 3.05) is 20.8 Å². The number of fused-ring (bicyclic) bond motifs is 3. The Bertz CT molecular complexity index is 1540. The standard InChI is InChI=1S/C35H44N2O7/c1-7-9-10-17-35(3,4)31-28-14-12-24(34(42)44-6)20-29(28)37-22-25(19-23(16-18-38)27(11-8-2)32(31)37)33(41)36-21-26(39)13-15-30(40)43-5/h8,11-12,14,16,18-20,38H,7,9-10,13,15,17,21-22H2,1-6H3,(H,36,41)/b11-8-,18-16+. The molecular formula is C35H44N2O7. The number of hydrogen-bond donors (Lipinski definition) is 2. The maximum atomic E-state index is 13.6. The average molecular weight is 605 g/mol. The van der Waals surface area contributed by atoms with E-state index in [1.807, 2.05) is 29.7 Å². The van der Waals surface area contributed by atoms with Crippen molar-refractivity contribution in [1.82, 2.24) is 9.88 Å². The lowest BCUT2D eigenvalue weighted by molar-refractivity contribution is -0.141. The minimum Gasteiger partial charge on any atom is -0.516 e. The third-order valence-electron chi connectivity index (χ3n) is 7.95. The predicted molar refractivity (Wildman–Crippen MR) is 171 cm³/mol. The quantitative estimate of drug-likeness (QED) is 0.148. The van der Waals surface area contributed by atoms with Gasteiger partial charge in [-0.25, -0.2) is 4.79 Å². The number of amides is 1. The smallest absolute Gasteiger partial charge is 0.337 e. The van der Waals surface area contributed by atoms with Crippen LogP contribution < -0.4 is 5.32 Å². The van der Waals surface area contributed by atoms with E-state index in [0.29, 0.717) is 16.7 Å². The number of unbranched alkanes of at least 4 members (excludes halogenated alkanes) is 2. The number of aromatic nitrogens is 1. The number of nitrogens with one attached hydrogen (secondary N) is 1. The summed E-state index contributed by atoms with van der Waals surface area (Å²) in [4.78, 5) is 50.0. The molecule has 1 aromatic heterocycles. The van der Waals surface area contributed by atoms with Crippen LogP contribution in [-0.4, -0.2) is 54.1 Å². The Morgan fingerprint density at radius 1 is 1.07 bits per heavy atom. The summed E-state index contributed by atoms with van der Waals surface area (Å²) >= 11 is 0. The van der Waals surface area contributed by atoms with Crippen molar-refractivity contribution in [3.63, 3.8) is 0 Å². The molecule has 9 heteroatoms. The number of esters is 2. The van der Waals surface area contributed by atoms with Gasteiger partial charge in [0.25, 0.3) is 0 Å². The zero-order chi connectivity index (χ0) is 32.4. The lowest BCUT2D eigenvalue weighted by Crippen LogP contribution is -2.32. The maximum absolute atomic E-state index is 13.6. The Morgan fingerprint density at radius 2 is 1.82 bits per heavy atom. The molecule has 0 radical (unpaired) electrons. The van der Waals surface area contributed by atoms with Crippen molar-refractivity contribution < 1.29 is 33.8 Å². The molecule has 2 aromatic rings. The van der Waals surface area contributed by atoms with Gasteiger partial charge in [-0.2, -0.15) is 0 Å². The van der Waals surface area contributed by atoms with Crippen molar-refractivity contribution in [2.45, 2.75) is 78.2 Å². The number of nitrogens with zero attached hydrogens (tertiary/aromatic N) is 1. The molecular weight excluding hydrogens is 560 g/mol. The molecule has 0 spiro atoms. The molecule has 2 N–H and O–H groups in total. The average Bonchev–Trinajstić information content (AvgIpc) is 3.25. The lowest BCUT2D eigenvalue weighted by atomic mass is 9.77. The molecule has 236 valence electrons. The van der Waals surface area contributed by atoms with Crippen LogP contribution in [0.4, 0.5) is 0 Å². The summed E-state index contributed by atoms with van der Waals surface area (Å²) in [5.41, 5.74) is 4.64. The van der Waals surface area contributed by atoms with Gasteiger partial charge in [-0.15, -0.1) is 0 Å². The van der Waals surface area contributed by atoms with E-state index in [4.69, 9.17) is 4.74 Å². The van der Waals surface area contributed by atoms with Gasteiger partial charge in [0.2, 0.25) is 5.91 Å². The van der Waals surface area contributed by atoms with Crippen molar-refractivity contribution in [1.29, 1.82) is 0 Å². The first-order valence-corrected chi connectivity index (χ1v) is 15.0. The van der Waals surface area contributed by atoms with Crippen LogP contribution in [-0.2, 0) is 35.8 Å². The van der Waals surface area contributed by atoms with E-state index in [0.717, 1.165) is 59.7 Å². The summed E-state index contributed by atoms with van der Waals surface area (Å²) in [6.07, 6.45) is 12.1. The second-order valence-corrected chi connectivity index (χ2v) is 11.5. The van der Waals surface area contributed by atoms with Gasteiger partial charge in [0.1, 0.15) is 0 Å². The van der Waals surface area contributed by atoms with E-state index in [-0.39, 0.29) is 37.1 Å². The van der Waals surface area contributed by atoms with Gasteiger partial charge < -0.3 is 24.5 Å². The Morgan fingerprint density at radius 3 is 2.45 bits per heavy atom. The number of aliphatic hydroxyl groups excluding tert-OH is 1. The number of hydrogen-bond acceptors (Lipinski definition) is 7. The monoisotopic (exact) mass is 604 g/mol.